The van der Waals surface area contributed by atoms with E-state index in [1.807, 2.05) is 13.0 Å². The van der Waals surface area contributed by atoms with Gasteiger partial charge in [0.15, 0.2) is 0 Å². The van der Waals surface area contributed by atoms with Crippen molar-refractivity contribution in [3.63, 3.8) is 0 Å². The Balaban J connectivity index is 2.02. The van der Waals surface area contributed by atoms with Gasteiger partial charge in [-0.3, -0.25) is 4.98 Å². The molecule has 2 heterocycles. The monoisotopic (exact) mass is 260 g/mol. The minimum atomic E-state index is 0.459. The van der Waals surface area contributed by atoms with Gasteiger partial charge in [0.2, 0.25) is 11.7 Å². The molecule has 2 rings (SSSR count). The number of nitrogens with zero attached hydrogens (tertiary/aromatic N) is 3. The summed E-state index contributed by atoms with van der Waals surface area (Å²) in [6.07, 6.45) is 5.31. The maximum atomic E-state index is 5.29. The molecule has 1 unspecified atom stereocenters. The van der Waals surface area contributed by atoms with Crippen molar-refractivity contribution in [2.45, 2.75) is 39.7 Å². The molecule has 2 aromatic rings. The first kappa shape index (κ1) is 13.7. The molecule has 1 N–H and O–H groups in total. The zero-order valence-electron chi connectivity index (χ0n) is 11.7. The van der Waals surface area contributed by atoms with Crippen molar-refractivity contribution in [2.75, 3.05) is 6.54 Å². The van der Waals surface area contributed by atoms with E-state index in [0.717, 1.165) is 30.5 Å². The third-order valence-electron chi connectivity index (χ3n) is 3.09. The second-order valence-electron chi connectivity index (χ2n) is 4.70. The fourth-order valence-corrected chi connectivity index (χ4v) is 1.95. The Morgan fingerprint density at radius 1 is 1.42 bits per heavy atom. The van der Waals surface area contributed by atoms with Crippen LogP contribution < -0.4 is 5.32 Å². The molecular weight excluding hydrogens is 240 g/mol. The quantitative estimate of drug-likeness (QED) is 0.863. The van der Waals surface area contributed by atoms with Crippen LogP contribution in [0.5, 0.6) is 0 Å². The number of hydrogen-bond acceptors (Lipinski definition) is 5. The van der Waals surface area contributed by atoms with Crippen molar-refractivity contribution in [1.82, 2.24) is 20.4 Å². The van der Waals surface area contributed by atoms with Crippen LogP contribution in [0, 0.1) is 6.92 Å². The molecule has 0 aliphatic rings. The highest BCUT2D eigenvalue weighted by Crippen LogP contribution is 2.19. The van der Waals surface area contributed by atoms with Crippen LogP contribution in [-0.4, -0.2) is 27.7 Å². The summed E-state index contributed by atoms with van der Waals surface area (Å²) in [6, 6.07) is 2.40. The van der Waals surface area contributed by atoms with Crippen LogP contribution in [0.2, 0.25) is 0 Å². The van der Waals surface area contributed by atoms with Crippen LogP contribution >= 0.6 is 0 Å². The van der Waals surface area contributed by atoms with Crippen LogP contribution in [-0.2, 0) is 6.42 Å². The van der Waals surface area contributed by atoms with E-state index >= 15 is 0 Å². The Bertz CT molecular complexity index is 524. The van der Waals surface area contributed by atoms with Gasteiger partial charge in [0.25, 0.3) is 0 Å². The number of pyridine rings is 1. The van der Waals surface area contributed by atoms with E-state index in [4.69, 9.17) is 4.52 Å². The lowest BCUT2D eigenvalue weighted by Crippen LogP contribution is -2.25. The SMILES string of the molecule is CCNC(C)CCc1nc(-c2cnccc2C)no1. The Hall–Kier alpha value is -1.75. The second kappa shape index (κ2) is 6.43. The Labute approximate surface area is 113 Å². The lowest BCUT2D eigenvalue weighted by Gasteiger charge is -2.09. The van der Waals surface area contributed by atoms with Crippen molar-refractivity contribution >= 4 is 0 Å². The summed E-state index contributed by atoms with van der Waals surface area (Å²) >= 11 is 0. The van der Waals surface area contributed by atoms with Crippen molar-refractivity contribution in [3.05, 3.63) is 29.9 Å². The molecule has 0 fully saturated rings. The Kier molecular flexibility index (Phi) is 4.63. The van der Waals surface area contributed by atoms with Crippen molar-refractivity contribution in [2.24, 2.45) is 0 Å². The zero-order chi connectivity index (χ0) is 13.7. The highest BCUT2D eigenvalue weighted by molar-refractivity contribution is 5.57. The maximum Gasteiger partial charge on any atom is 0.227 e. The molecule has 0 aromatic carbocycles. The molecule has 0 bridgehead atoms. The molecule has 0 amide bonds. The first-order chi connectivity index (χ1) is 9.20. The van der Waals surface area contributed by atoms with Gasteiger partial charge in [-0.25, -0.2) is 0 Å². The van der Waals surface area contributed by atoms with E-state index in [-0.39, 0.29) is 0 Å². The topological polar surface area (TPSA) is 63.8 Å². The van der Waals surface area contributed by atoms with Crippen LogP contribution in [0.25, 0.3) is 11.4 Å². The summed E-state index contributed by atoms with van der Waals surface area (Å²) in [7, 11) is 0. The van der Waals surface area contributed by atoms with Crippen LogP contribution in [0.3, 0.4) is 0 Å². The maximum absolute atomic E-state index is 5.29. The van der Waals surface area contributed by atoms with Gasteiger partial charge in [-0.05, 0) is 38.4 Å². The van der Waals surface area contributed by atoms with Crippen molar-refractivity contribution in [1.29, 1.82) is 0 Å². The van der Waals surface area contributed by atoms with Gasteiger partial charge in [0.05, 0.1) is 0 Å². The van der Waals surface area contributed by atoms with E-state index < -0.39 is 0 Å². The van der Waals surface area contributed by atoms with Gasteiger partial charge >= 0.3 is 0 Å². The Morgan fingerprint density at radius 3 is 3.00 bits per heavy atom. The molecule has 0 aliphatic carbocycles. The summed E-state index contributed by atoms with van der Waals surface area (Å²) in [5, 5.41) is 7.39. The molecule has 5 heteroatoms. The van der Waals surface area contributed by atoms with Crippen LogP contribution in [0.15, 0.2) is 23.0 Å². The molecule has 0 spiro atoms. The zero-order valence-corrected chi connectivity index (χ0v) is 11.7. The average molecular weight is 260 g/mol. The number of rotatable bonds is 6. The first-order valence-electron chi connectivity index (χ1n) is 6.67. The summed E-state index contributed by atoms with van der Waals surface area (Å²) in [5.41, 5.74) is 2.03. The van der Waals surface area contributed by atoms with Crippen molar-refractivity contribution < 1.29 is 4.52 Å². The lowest BCUT2D eigenvalue weighted by molar-refractivity contribution is 0.368. The fraction of sp³-hybridized carbons (Fsp3) is 0.500. The van der Waals surface area contributed by atoms with E-state index in [0.29, 0.717) is 17.8 Å². The van der Waals surface area contributed by atoms with Crippen LogP contribution in [0.1, 0.15) is 31.7 Å². The van der Waals surface area contributed by atoms with Gasteiger partial charge in [-0.1, -0.05) is 12.1 Å². The number of nitrogens with one attached hydrogen (secondary N) is 1. The standard InChI is InChI=1S/C14H20N4O/c1-4-16-11(3)5-6-13-17-14(18-19-13)12-9-15-8-7-10(12)2/h7-9,11,16H,4-6H2,1-3H3. The first-order valence-corrected chi connectivity index (χ1v) is 6.67. The van der Waals surface area contributed by atoms with E-state index in [1.54, 1.807) is 12.4 Å². The molecule has 0 radical (unpaired) electrons. The normalized spacial score (nSPS) is 12.6. The molecule has 1 atom stereocenters. The summed E-state index contributed by atoms with van der Waals surface area (Å²) in [5.74, 6) is 1.31. The summed E-state index contributed by atoms with van der Waals surface area (Å²) < 4.78 is 5.29. The minimum Gasteiger partial charge on any atom is -0.339 e. The van der Waals surface area contributed by atoms with Gasteiger partial charge < -0.3 is 9.84 Å². The summed E-state index contributed by atoms with van der Waals surface area (Å²) in [4.78, 5) is 8.53. The van der Waals surface area contributed by atoms with E-state index in [2.05, 4.69) is 34.3 Å². The van der Waals surface area contributed by atoms with Crippen molar-refractivity contribution in [3.8, 4) is 11.4 Å². The molecule has 19 heavy (non-hydrogen) atoms. The van der Waals surface area contributed by atoms with E-state index in [9.17, 15) is 0 Å². The van der Waals surface area contributed by atoms with Gasteiger partial charge in [0, 0.05) is 30.4 Å². The lowest BCUT2D eigenvalue weighted by atomic mass is 10.1. The number of hydrogen-bond donors (Lipinski definition) is 1. The third kappa shape index (κ3) is 3.61. The fourth-order valence-electron chi connectivity index (χ4n) is 1.95. The smallest absolute Gasteiger partial charge is 0.227 e. The molecule has 2 aromatic heterocycles. The summed E-state index contributed by atoms with van der Waals surface area (Å²) in [6.45, 7) is 7.25. The molecule has 0 aliphatic heterocycles. The largest absolute Gasteiger partial charge is 0.339 e. The van der Waals surface area contributed by atoms with Crippen LogP contribution in [0.4, 0.5) is 0 Å². The molecule has 0 saturated carbocycles. The Morgan fingerprint density at radius 2 is 2.26 bits per heavy atom. The second-order valence-corrected chi connectivity index (χ2v) is 4.70. The molecule has 0 saturated heterocycles. The number of aromatic nitrogens is 3. The molecule has 102 valence electrons. The number of aryl methyl sites for hydroxylation is 2. The minimum absolute atomic E-state index is 0.459. The molecule has 5 nitrogen and oxygen atoms in total. The van der Waals surface area contributed by atoms with Gasteiger partial charge in [-0.2, -0.15) is 4.98 Å². The highest BCUT2D eigenvalue weighted by Gasteiger charge is 2.11. The third-order valence-corrected chi connectivity index (χ3v) is 3.09. The molecular formula is C14H20N4O. The van der Waals surface area contributed by atoms with Gasteiger partial charge in [0.1, 0.15) is 0 Å². The average Bonchev–Trinajstić information content (AvgIpc) is 2.86. The predicted molar refractivity (Wildman–Crippen MR) is 73.7 cm³/mol. The van der Waals surface area contributed by atoms with Gasteiger partial charge in [-0.15, -0.1) is 0 Å². The van der Waals surface area contributed by atoms with E-state index in [1.165, 1.54) is 0 Å². The highest BCUT2D eigenvalue weighted by atomic mass is 16.5. The predicted octanol–water partition coefficient (Wildman–Crippen LogP) is 2.37.